The number of carbonyl (C=O) groups excluding carboxylic acids is 1. The van der Waals surface area contributed by atoms with Crippen molar-refractivity contribution in [3.63, 3.8) is 0 Å². The lowest BCUT2D eigenvalue weighted by atomic mass is 9.35. The van der Waals surface area contributed by atoms with Gasteiger partial charge in [0.05, 0.1) is 56.1 Å². The number of rotatable bonds is 14. The first-order valence-electron chi connectivity index (χ1n) is 26.4. The standard InChI is InChI=1S/C52H82O21/c1-24(2)15-25-16-50(8,64)42-26-9-10-31-48(6)13-12-32(46(3,4)30(48)11-14-49(31,7)51(26)22-52(42,73-25)67-23-51)70-45-41(72-43-38(61)35(58)28(19-53)68-43)40(27(54)20-66-45)71-44-39(62)37(60)36(59)29(69-44)21-65-34(57)18-47(5,63)17-33(55)56/h15,25-32,35-45,53-54,58-64H,9-14,16-23H2,1-8H3,(H,55,56)/t25-,26+,27-,28-,29+,30-,31+,32-,35-,36+,37-,38+,39+,40-,41+,42-,43-,44-,45-,47?,48-,49+,50-,51-,52-/m0/s1. The first kappa shape index (κ1) is 55.7. The Morgan fingerprint density at radius 1 is 0.781 bits per heavy atom. The molecule has 21 nitrogen and oxygen atoms in total. The molecule has 73 heavy (non-hydrogen) atoms. The molecule has 9 rings (SSSR count). The molecule has 9 aliphatic rings. The number of esters is 1. The van der Waals surface area contributed by atoms with E-state index >= 15 is 0 Å². The van der Waals surface area contributed by atoms with Crippen LogP contribution in [0.25, 0.3) is 0 Å². The van der Waals surface area contributed by atoms with Crippen molar-refractivity contribution >= 4 is 11.9 Å². The molecule has 21 heteroatoms. The topological polar surface area (TPSA) is 320 Å². The molecule has 9 fully saturated rings. The number of hydrogen-bond donors (Lipinski definition) is 10. The van der Waals surface area contributed by atoms with E-state index in [2.05, 4.69) is 33.8 Å². The van der Waals surface area contributed by atoms with Crippen molar-refractivity contribution in [2.75, 3.05) is 26.4 Å². The molecule has 2 spiro atoms. The molecule has 0 aromatic carbocycles. The average molecular weight is 1040 g/mol. The molecular weight excluding hydrogens is 961 g/mol. The van der Waals surface area contributed by atoms with Crippen LogP contribution < -0.4 is 0 Å². The number of carboxylic acid groups (broad SMARTS) is 1. The van der Waals surface area contributed by atoms with Gasteiger partial charge in [0.1, 0.15) is 67.6 Å². The van der Waals surface area contributed by atoms with Gasteiger partial charge in [0.25, 0.3) is 0 Å². The van der Waals surface area contributed by atoms with Crippen LogP contribution in [0.1, 0.15) is 120 Å². The molecule has 4 saturated carbocycles. The zero-order chi connectivity index (χ0) is 53.2. The molecular formula is C52H82O21. The van der Waals surface area contributed by atoms with Crippen LogP contribution in [-0.4, -0.2) is 199 Å². The molecule has 0 amide bonds. The van der Waals surface area contributed by atoms with E-state index in [-0.39, 0.29) is 46.7 Å². The third-order valence-corrected chi connectivity index (χ3v) is 19.7. The predicted octanol–water partition coefficient (Wildman–Crippen LogP) is 0.773. The minimum Gasteiger partial charge on any atom is -0.481 e. The van der Waals surface area contributed by atoms with Gasteiger partial charge in [-0.3, -0.25) is 9.59 Å². The normalized spacial score (nSPS) is 51.7. The van der Waals surface area contributed by atoms with Gasteiger partial charge in [0, 0.05) is 24.2 Å². The Morgan fingerprint density at radius 3 is 2.10 bits per heavy atom. The van der Waals surface area contributed by atoms with E-state index in [0.29, 0.717) is 25.4 Å². The smallest absolute Gasteiger partial charge is 0.308 e. The number of hydrogen-bond acceptors (Lipinski definition) is 20. The van der Waals surface area contributed by atoms with Gasteiger partial charge < -0.3 is 93.7 Å². The van der Waals surface area contributed by atoms with E-state index in [4.69, 9.17) is 47.7 Å². The Labute approximate surface area is 426 Å². The minimum atomic E-state index is -1.96. The van der Waals surface area contributed by atoms with Crippen molar-refractivity contribution in [1.29, 1.82) is 0 Å². The highest BCUT2D eigenvalue weighted by atomic mass is 16.8. The van der Waals surface area contributed by atoms with Crippen LogP contribution in [0.5, 0.6) is 0 Å². The Balaban J connectivity index is 0.939. The highest BCUT2D eigenvalue weighted by Gasteiger charge is 2.81. The van der Waals surface area contributed by atoms with Crippen molar-refractivity contribution in [1.82, 2.24) is 0 Å². The second kappa shape index (κ2) is 19.7. The Bertz CT molecular complexity index is 2060. The van der Waals surface area contributed by atoms with Crippen molar-refractivity contribution in [2.24, 2.45) is 45.3 Å². The van der Waals surface area contributed by atoms with Crippen LogP contribution in [0, 0.1) is 45.3 Å². The van der Waals surface area contributed by atoms with Gasteiger partial charge in [0.15, 0.2) is 24.7 Å². The average Bonchev–Trinajstić information content (AvgIpc) is 3.90. The van der Waals surface area contributed by atoms with Gasteiger partial charge in [-0.2, -0.15) is 0 Å². The second-order valence-corrected chi connectivity index (χ2v) is 25.2. The molecule has 5 saturated heterocycles. The minimum absolute atomic E-state index is 0.110. The lowest BCUT2D eigenvalue weighted by Gasteiger charge is -2.70. The lowest BCUT2D eigenvalue weighted by Crippen LogP contribution is -2.67. The molecule has 2 bridgehead atoms. The fourth-order valence-electron chi connectivity index (χ4n) is 16.5. The summed E-state index contributed by atoms with van der Waals surface area (Å²) >= 11 is 0. The summed E-state index contributed by atoms with van der Waals surface area (Å²) in [6.07, 6.45) is -14.7. The van der Waals surface area contributed by atoms with Crippen LogP contribution in [0.4, 0.5) is 0 Å². The monoisotopic (exact) mass is 1040 g/mol. The Morgan fingerprint density at radius 2 is 1.44 bits per heavy atom. The number of aliphatic carboxylic acids is 1. The summed E-state index contributed by atoms with van der Waals surface area (Å²) in [5.74, 6) is -2.64. The third-order valence-electron chi connectivity index (χ3n) is 19.7. The number of allylic oxidation sites excluding steroid dienone is 1. The van der Waals surface area contributed by atoms with Gasteiger partial charge >= 0.3 is 11.9 Å². The van der Waals surface area contributed by atoms with Crippen molar-refractivity contribution in [3.05, 3.63) is 11.6 Å². The van der Waals surface area contributed by atoms with Gasteiger partial charge in [0.2, 0.25) is 0 Å². The maximum absolute atomic E-state index is 12.6. The van der Waals surface area contributed by atoms with Crippen LogP contribution >= 0.6 is 0 Å². The molecule has 0 aromatic heterocycles. The zero-order valence-corrected chi connectivity index (χ0v) is 43.4. The first-order chi connectivity index (χ1) is 34.0. The van der Waals surface area contributed by atoms with Crippen LogP contribution in [0.15, 0.2) is 11.6 Å². The molecule has 4 aliphatic carbocycles. The number of carbonyl (C=O) groups is 2. The third kappa shape index (κ3) is 9.46. The Hall–Kier alpha value is -2.00. The van der Waals surface area contributed by atoms with E-state index < -0.39 is 146 Å². The quantitative estimate of drug-likeness (QED) is 0.0653. The van der Waals surface area contributed by atoms with E-state index in [0.717, 1.165) is 51.0 Å². The zero-order valence-electron chi connectivity index (χ0n) is 43.4. The van der Waals surface area contributed by atoms with E-state index in [1.165, 1.54) is 0 Å². The molecule has 0 aromatic rings. The largest absolute Gasteiger partial charge is 0.481 e. The Kier molecular flexibility index (Phi) is 15.1. The lowest BCUT2D eigenvalue weighted by molar-refractivity contribution is -0.375. The predicted molar refractivity (Wildman–Crippen MR) is 250 cm³/mol. The first-order valence-corrected chi connectivity index (χ1v) is 26.4. The van der Waals surface area contributed by atoms with Gasteiger partial charge in [-0.1, -0.05) is 39.3 Å². The van der Waals surface area contributed by atoms with Crippen LogP contribution in [0.2, 0.25) is 0 Å². The summed E-state index contributed by atoms with van der Waals surface area (Å²) in [5.41, 5.74) is -2.69. The second-order valence-electron chi connectivity index (χ2n) is 25.2. The van der Waals surface area contributed by atoms with E-state index in [1.54, 1.807) is 0 Å². The summed E-state index contributed by atoms with van der Waals surface area (Å²) in [4.78, 5) is 23.8. The van der Waals surface area contributed by atoms with Gasteiger partial charge in [-0.05, 0) is 100 Å². The summed E-state index contributed by atoms with van der Waals surface area (Å²) in [7, 11) is 0. The number of aliphatic hydroxyl groups excluding tert-OH is 7. The SMILES string of the molecule is CC(C)=C[C@H]1C[C@](C)(O)[C@@H]2[C@H]3CC[C@@H]4[C@@]5(C)CC[C@H](O[C@@H]6OC[C@H](O)[C@H](O[C@@H]7O[C@H](COC(=O)CC(C)(O)CC(=O)O)[C@@H](O)[C@H](O)[C@H]7O)[C@H]6O[C@@H]6O[C@@H](CO)[C@H](O)[C@H]6O)C(C)(C)[C@@H]5CC[C@@]4(C)[C@@]34CO[C@@]2(C4)O1. The van der Waals surface area contributed by atoms with Crippen LogP contribution in [-0.2, 0) is 52.2 Å². The van der Waals surface area contributed by atoms with Crippen molar-refractivity contribution < 1.29 is 103 Å². The van der Waals surface area contributed by atoms with Gasteiger partial charge in [-0.25, -0.2) is 0 Å². The molecule has 5 aliphatic heterocycles. The summed E-state index contributed by atoms with van der Waals surface area (Å²) in [6.45, 7) is 15.3. The maximum atomic E-state index is 12.6. The maximum Gasteiger partial charge on any atom is 0.308 e. The fraction of sp³-hybridized carbons (Fsp3) is 0.923. The molecule has 25 atom stereocenters. The molecule has 10 N–H and O–H groups in total. The fourth-order valence-corrected chi connectivity index (χ4v) is 16.5. The van der Waals surface area contributed by atoms with E-state index in [9.17, 15) is 55.5 Å². The van der Waals surface area contributed by atoms with Crippen LogP contribution in [0.3, 0.4) is 0 Å². The van der Waals surface area contributed by atoms with E-state index in [1.807, 2.05) is 20.8 Å². The number of aliphatic hydroxyl groups is 9. The van der Waals surface area contributed by atoms with Gasteiger partial charge in [-0.15, -0.1) is 0 Å². The summed E-state index contributed by atoms with van der Waals surface area (Å²) in [5, 5.41) is 108. The molecule has 5 heterocycles. The number of ether oxygens (including phenoxy) is 9. The molecule has 1 unspecified atom stereocenters. The number of carboxylic acids is 1. The summed E-state index contributed by atoms with van der Waals surface area (Å²) < 4.78 is 56.3. The molecule has 0 radical (unpaired) electrons. The van der Waals surface area contributed by atoms with Crippen molar-refractivity contribution in [2.45, 2.75) is 229 Å². The highest BCUT2D eigenvalue weighted by molar-refractivity contribution is 5.73. The highest BCUT2D eigenvalue weighted by Crippen LogP contribution is 2.80. The summed E-state index contributed by atoms with van der Waals surface area (Å²) in [6, 6.07) is 0. The number of fused-ring (bicyclic) bond motifs is 4. The molecule has 416 valence electrons. The van der Waals surface area contributed by atoms with Crippen molar-refractivity contribution in [3.8, 4) is 0 Å².